The fourth-order valence-electron chi connectivity index (χ4n) is 1.58. The van der Waals surface area contributed by atoms with Crippen LogP contribution in [0.15, 0.2) is 0 Å². The molecule has 5 heteroatoms. The van der Waals surface area contributed by atoms with Gasteiger partial charge in [0.15, 0.2) is 5.78 Å². The Balaban J connectivity index is 3.30. The topological polar surface area (TPSA) is 88.0 Å². The van der Waals surface area contributed by atoms with Crippen LogP contribution in [0.25, 0.3) is 0 Å². The predicted molar refractivity (Wildman–Crippen MR) is 51.9 cm³/mol. The van der Waals surface area contributed by atoms with E-state index < -0.39 is 5.91 Å². The minimum atomic E-state index is -0.418. The normalized spacial score (nSPS) is 10.0. The highest BCUT2D eigenvalue weighted by Gasteiger charge is 2.18. The smallest absolute Gasteiger partial charge is 0.281 e. The van der Waals surface area contributed by atoms with E-state index in [0.29, 0.717) is 22.5 Å². The van der Waals surface area contributed by atoms with Crippen LogP contribution in [0.3, 0.4) is 0 Å². The van der Waals surface area contributed by atoms with Gasteiger partial charge in [-0.2, -0.15) is 0 Å². The van der Waals surface area contributed by atoms with Gasteiger partial charge in [0, 0.05) is 11.3 Å². The van der Waals surface area contributed by atoms with E-state index in [9.17, 15) is 9.59 Å². The minimum Gasteiger partial charge on any atom is -0.354 e. The Labute approximate surface area is 81.6 Å². The van der Waals surface area contributed by atoms with Gasteiger partial charge in [-0.15, -0.1) is 0 Å². The molecule has 1 aromatic heterocycles. The first kappa shape index (κ1) is 10.5. The summed E-state index contributed by atoms with van der Waals surface area (Å²) in [6.07, 6.45) is 0. The van der Waals surface area contributed by atoms with Crippen LogP contribution in [0, 0.1) is 13.8 Å². The molecule has 1 rings (SSSR count). The Bertz CT molecular complexity index is 393. The van der Waals surface area contributed by atoms with Crippen LogP contribution in [0.4, 0.5) is 0 Å². The van der Waals surface area contributed by atoms with Crippen LogP contribution in [0.5, 0.6) is 0 Å². The van der Waals surface area contributed by atoms with E-state index in [1.165, 1.54) is 6.92 Å². The molecule has 1 aromatic rings. The number of hydrogen-bond acceptors (Lipinski definition) is 3. The summed E-state index contributed by atoms with van der Waals surface area (Å²) in [5, 5.41) is 0. The number of Topliss-reactive ketones (excluding diaryl/α,β-unsaturated/α-hetero) is 1. The van der Waals surface area contributed by atoms with Crippen molar-refractivity contribution >= 4 is 11.7 Å². The average Bonchev–Trinajstić information content (AvgIpc) is 2.40. The molecule has 0 saturated carbocycles. The zero-order valence-corrected chi connectivity index (χ0v) is 8.39. The SMILES string of the molecule is CC(=O)c1c(C)[nH]c(C(=O)NN)c1C. The van der Waals surface area contributed by atoms with Crippen LogP contribution in [0.2, 0.25) is 0 Å². The molecule has 0 fully saturated rings. The van der Waals surface area contributed by atoms with E-state index in [4.69, 9.17) is 5.84 Å². The van der Waals surface area contributed by atoms with E-state index in [0.717, 1.165) is 0 Å². The van der Waals surface area contributed by atoms with Gasteiger partial charge in [-0.3, -0.25) is 15.0 Å². The number of rotatable bonds is 2. The fraction of sp³-hybridized carbons (Fsp3) is 0.333. The third-order valence-corrected chi connectivity index (χ3v) is 2.15. The Morgan fingerprint density at radius 2 is 1.93 bits per heavy atom. The molecule has 0 aromatic carbocycles. The van der Waals surface area contributed by atoms with E-state index in [1.807, 2.05) is 5.43 Å². The first-order valence-corrected chi connectivity index (χ1v) is 4.20. The molecule has 0 aliphatic heterocycles. The summed E-state index contributed by atoms with van der Waals surface area (Å²) in [6, 6.07) is 0. The number of aromatic amines is 1. The number of hydrogen-bond donors (Lipinski definition) is 3. The molecule has 0 bridgehead atoms. The van der Waals surface area contributed by atoms with Crippen molar-refractivity contribution in [1.29, 1.82) is 0 Å². The molecule has 76 valence electrons. The Morgan fingerprint density at radius 1 is 1.36 bits per heavy atom. The monoisotopic (exact) mass is 195 g/mol. The minimum absolute atomic E-state index is 0.0627. The third kappa shape index (κ3) is 1.54. The quantitative estimate of drug-likeness (QED) is 0.277. The van der Waals surface area contributed by atoms with Crippen LogP contribution in [-0.4, -0.2) is 16.7 Å². The molecule has 0 saturated heterocycles. The number of hydrazine groups is 1. The largest absolute Gasteiger partial charge is 0.354 e. The number of ketones is 1. The van der Waals surface area contributed by atoms with E-state index in [1.54, 1.807) is 13.8 Å². The van der Waals surface area contributed by atoms with E-state index in [2.05, 4.69) is 4.98 Å². The van der Waals surface area contributed by atoms with Crippen molar-refractivity contribution in [2.45, 2.75) is 20.8 Å². The Hall–Kier alpha value is -1.62. The maximum absolute atomic E-state index is 11.2. The first-order valence-electron chi connectivity index (χ1n) is 4.20. The van der Waals surface area contributed by atoms with Gasteiger partial charge in [0.2, 0.25) is 0 Å². The summed E-state index contributed by atoms with van der Waals surface area (Å²) < 4.78 is 0. The molecule has 4 N–H and O–H groups in total. The molecule has 0 aliphatic carbocycles. The second-order valence-electron chi connectivity index (χ2n) is 3.15. The predicted octanol–water partition coefficient (Wildman–Crippen LogP) is 0.438. The molecular formula is C9H13N3O2. The highest BCUT2D eigenvalue weighted by atomic mass is 16.2. The zero-order chi connectivity index (χ0) is 10.9. The van der Waals surface area contributed by atoms with Crippen molar-refractivity contribution < 1.29 is 9.59 Å². The number of amides is 1. The molecule has 14 heavy (non-hydrogen) atoms. The van der Waals surface area contributed by atoms with Gasteiger partial charge in [0.25, 0.3) is 5.91 Å². The number of nitrogens with one attached hydrogen (secondary N) is 2. The van der Waals surface area contributed by atoms with Crippen LogP contribution in [-0.2, 0) is 0 Å². The molecule has 0 aliphatic rings. The number of nitrogens with two attached hydrogens (primary N) is 1. The Morgan fingerprint density at radius 3 is 2.29 bits per heavy atom. The lowest BCUT2D eigenvalue weighted by Crippen LogP contribution is -2.30. The van der Waals surface area contributed by atoms with Gasteiger partial charge in [-0.05, 0) is 26.3 Å². The van der Waals surface area contributed by atoms with E-state index in [-0.39, 0.29) is 5.78 Å². The molecule has 1 heterocycles. The van der Waals surface area contributed by atoms with Gasteiger partial charge in [0.1, 0.15) is 5.69 Å². The number of nitrogen functional groups attached to an aromatic ring is 1. The summed E-state index contributed by atoms with van der Waals surface area (Å²) in [7, 11) is 0. The maximum Gasteiger partial charge on any atom is 0.281 e. The second kappa shape index (κ2) is 3.63. The summed E-state index contributed by atoms with van der Waals surface area (Å²) in [5.41, 5.74) is 4.25. The van der Waals surface area contributed by atoms with Crippen molar-refractivity contribution in [3.8, 4) is 0 Å². The zero-order valence-electron chi connectivity index (χ0n) is 8.39. The molecule has 5 nitrogen and oxygen atoms in total. The van der Waals surface area contributed by atoms with Gasteiger partial charge in [-0.25, -0.2) is 5.84 Å². The number of carbonyl (C=O) groups is 2. The number of carbonyl (C=O) groups excluding carboxylic acids is 2. The Kier molecular flexibility index (Phi) is 2.71. The maximum atomic E-state index is 11.2. The number of aryl methyl sites for hydroxylation is 1. The molecular weight excluding hydrogens is 182 g/mol. The van der Waals surface area contributed by atoms with Gasteiger partial charge >= 0.3 is 0 Å². The van der Waals surface area contributed by atoms with Crippen LogP contribution in [0.1, 0.15) is 39.0 Å². The lowest BCUT2D eigenvalue weighted by molar-refractivity contribution is 0.0948. The van der Waals surface area contributed by atoms with Crippen molar-refractivity contribution in [1.82, 2.24) is 10.4 Å². The highest BCUT2D eigenvalue weighted by Crippen LogP contribution is 2.17. The third-order valence-electron chi connectivity index (χ3n) is 2.15. The van der Waals surface area contributed by atoms with Crippen molar-refractivity contribution in [3.63, 3.8) is 0 Å². The standard InChI is InChI=1S/C9H13N3O2/c1-4-7(6(3)13)5(2)11-8(4)9(14)12-10/h11H,10H2,1-3H3,(H,12,14). The molecule has 0 atom stereocenters. The van der Waals surface area contributed by atoms with Crippen LogP contribution < -0.4 is 11.3 Å². The van der Waals surface area contributed by atoms with Crippen LogP contribution >= 0.6 is 0 Å². The van der Waals surface area contributed by atoms with Gasteiger partial charge in [0.05, 0.1) is 0 Å². The summed E-state index contributed by atoms with van der Waals surface area (Å²) >= 11 is 0. The molecule has 0 unspecified atom stereocenters. The average molecular weight is 195 g/mol. The van der Waals surface area contributed by atoms with Crippen molar-refractivity contribution in [2.24, 2.45) is 5.84 Å². The first-order chi connectivity index (χ1) is 6.49. The lowest BCUT2D eigenvalue weighted by Gasteiger charge is -1.97. The van der Waals surface area contributed by atoms with Gasteiger partial charge < -0.3 is 4.98 Å². The van der Waals surface area contributed by atoms with Gasteiger partial charge in [-0.1, -0.05) is 0 Å². The van der Waals surface area contributed by atoms with Crippen molar-refractivity contribution in [3.05, 3.63) is 22.5 Å². The number of aromatic nitrogens is 1. The summed E-state index contributed by atoms with van der Waals surface area (Å²) in [4.78, 5) is 25.3. The van der Waals surface area contributed by atoms with Crippen molar-refractivity contribution in [2.75, 3.05) is 0 Å². The highest BCUT2D eigenvalue weighted by molar-refractivity contribution is 6.02. The fourth-order valence-corrected chi connectivity index (χ4v) is 1.58. The second-order valence-corrected chi connectivity index (χ2v) is 3.15. The number of H-pyrrole nitrogens is 1. The lowest BCUT2D eigenvalue weighted by atomic mass is 10.1. The summed E-state index contributed by atoms with van der Waals surface area (Å²) in [5.74, 6) is 4.52. The molecule has 0 spiro atoms. The molecule has 0 radical (unpaired) electrons. The molecule has 1 amide bonds. The van der Waals surface area contributed by atoms with E-state index >= 15 is 0 Å². The summed E-state index contributed by atoms with van der Waals surface area (Å²) in [6.45, 7) is 4.93.